The van der Waals surface area contributed by atoms with Gasteiger partial charge in [-0.05, 0) is 19.1 Å². The van der Waals surface area contributed by atoms with Crippen LogP contribution in [0.2, 0.25) is 0 Å². The maximum atomic E-state index is 13.6. The van der Waals surface area contributed by atoms with Crippen molar-refractivity contribution < 1.29 is 12.8 Å². The number of nitrogens with one attached hydrogen (secondary N) is 1. The highest BCUT2D eigenvalue weighted by atomic mass is 32.2. The van der Waals surface area contributed by atoms with E-state index in [1.54, 1.807) is 25.1 Å². The SMILES string of the molecule is CCS(=O)(=O)NCCc1csc(-c2ccccc2F)n1. The molecule has 1 heterocycles. The van der Waals surface area contributed by atoms with E-state index in [-0.39, 0.29) is 11.6 Å². The molecule has 0 fully saturated rings. The average molecular weight is 314 g/mol. The summed E-state index contributed by atoms with van der Waals surface area (Å²) in [5.41, 5.74) is 1.23. The predicted octanol–water partition coefficient (Wildman–Crippen LogP) is 2.43. The smallest absolute Gasteiger partial charge is 0.211 e. The molecular formula is C13H15FN2O2S2. The maximum absolute atomic E-state index is 13.6. The monoisotopic (exact) mass is 314 g/mol. The van der Waals surface area contributed by atoms with Gasteiger partial charge in [-0.3, -0.25) is 0 Å². The van der Waals surface area contributed by atoms with Gasteiger partial charge >= 0.3 is 0 Å². The van der Waals surface area contributed by atoms with Gasteiger partial charge in [0.1, 0.15) is 10.8 Å². The molecule has 1 N–H and O–H groups in total. The highest BCUT2D eigenvalue weighted by molar-refractivity contribution is 7.89. The number of hydrogen-bond acceptors (Lipinski definition) is 4. The lowest BCUT2D eigenvalue weighted by Gasteiger charge is -2.02. The molecule has 2 aromatic rings. The minimum absolute atomic E-state index is 0.0601. The summed E-state index contributed by atoms with van der Waals surface area (Å²) >= 11 is 1.35. The van der Waals surface area contributed by atoms with Crippen molar-refractivity contribution in [2.45, 2.75) is 13.3 Å². The third-order valence-electron chi connectivity index (χ3n) is 2.74. The van der Waals surface area contributed by atoms with Crippen LogP contribution in [0, 0.1) is 5.82 Å². The highest BCUT2D eigenvalue weighted by Crippen LogP contribution is 2.26. The van der Waals surface area contributed by atoms with Crippen molar-refractivity contribution >= 4 is 21.4 Å². The van der Waals surface area contributed by atoms with Crippen molar-refractivity contribution in [2.75, 3.05) is 12.3 Å². The molecule has 0 unspecified atom stereocenters. The third-order valence-corrected chi connectivity index (χ3v) is 5.07. The van der Waals surface area contributed by atoms with Crippen LogP contribution in [0.5, 0.6) is 0 Å². The molecule has 0 atom stereocenters. The van der Waals surface area contributed by atoms with Crippen LogP contribution in [0.1, 0.15) is 12.6 Å². The molecule has 1 aromatic carbocycles. The molecule has 0 aliphatic carbocycles. The molecule has 0 bridgehead atoms. The number of halogens is 1. The van der Waals surface area contributed by atoms with Crippen molar-refractivity contribution in [3.63, 3.8) is 0 Å². The van der Waals surface area contributed by atoms with Crippen molar-refractivity contribution in [1.29, 1.82) is 0 Å². The Morgan fingerprint density at radius 2 is 2.10 bits per heavy atom. The van der Waals surface area contributed by atoms with Gasteiger partial charge in [-0.15, -0.1) is 11.3 Å². The fourth-order valence-corrected chi connectivity index (χ4v) is 3.11. The van der Waals surface area contributed by atoms with Gasteiger partial charge in [0, 0.05) is 23.9 Å². The van der Waals surface area contributed by atoms with Crippen LogP contribution < -0.4 is 4.72 Å². The van der Waals surface area contributed by atoms with Crippen LogP contribution in [0.25, 0.3) is 10.6 Å². The molecule has 0 spiro atoms. The second-order valence-corrected chi connectivity index (χ2v) is 7.13. The third kappa shape index (κ3) is 3.84. The Labute approximate surface area is 121 Å². The van der Waals surface area contributed by atoms with Gasteiger partial charge in [0.2, 0.25) is 10.0 Å². The van der Waals surface area contributed by atoms with Gasteiger partial charge in [-0.25, -0.2) is 22.5 Å². The average Bonchev–Trinajstić information content (AvgIpc) is 2.88. The summed E-state index contributed by atoms with van der Waals surface area (Å²) in [6, 6.07) is 6.46. The summed E-state index contributed by atoms with van der Waals surface area (Å²) in [6.07, 6.45) is 0.490. The molecule has 108 valence electrons. The van der Waals surface area contributed by atoms with Gasteiger partial charge in [0.15, 0.2) is 0 Å². The largest absolute Gasteiger partial charge is 0.241 e. The van der Waals surface area contributed by atoms with Gasteiger partial charge in [0.25, 0.3) is 0 Å². The first-order chi connectivity index (χ1) is 9.52. The fourth-order valence-electron chi connectivity index (χ4n) is 1.62. The van der Waals surface area contributed by atoms with Crippen LogP contribution in [0.4, 0.5) is 4.39 Å². The second kappa shape index (κ2) is 6.43. The zero-order valence-electron chi connectivity index (χ0n) is 11.0. The summed E-state index contributed by atoms with van der Waals surface area (Å²) in [7, 11) is -3.18. The molecule has 4 nitrogen and oxygen atoms in total. The Morgan fingerprint density at radius 3 is 2.80 bits per heavy atom. The zero-order chi connectivity index (χ0) is 14.6. The second-order valence-electron chi connectivity index (χ2n) is 4.17. The summed E-state index contributed by atoms with van der Waals surface area (Å²) in [5, 5.41) is 2.43. The number of sulfonamides is 1. The van der Waals surface area contributed by atoms with Crippen LogP contribution in [-0.2, 0) is 16.4 Å². The number of aromatic nitrogens is 1. The van der Waals surface area contributed by atoms with Crippen molar-refractivity contribution in [2.24, 2.45) is 0 Å². The topological polar surface area (TPSA) is 59.1 Å². The van der Waals surface area contributed by atoms with Crippen molar-refractivity contribution in [1.82, 2.24) is 9.71 Å². The lowest BCUT2D eigenvalue weighted by molar-refractivity contribution is 0.582. The summed E-state index contributed by atoms with van der Waals surface area (Å²) in [6.45, 7) is 1.89. The van der Waals surface area contributed by atoms with Gasteiger partial charge < -0.3 is 0 Å². The van der Waals surface area contributed by atoms with E-state index in [4.69, 9.17) is 0 Å². The minimum Gasteiger partial charge on any atom is -0.241 e. The van der Waals surface area contributed by atoms with E-state index in [1.165, 1.54) is 17.4 Å². The molecule has 0 amide bonds. The van der Waals surface area contributed by atoms with E-state index >= 15 is 0 Å². The number of rotatable bonds is 6. The molecule has 1 aromatic heterocycles. The maximum Gasteiger partial charge on any atom is 0.211 e. The molecule has 2 rings (SSSR count). The van der Waals surface area contributed by atoms with E-state index in [9.17, 15) is 12.8 Å². The summed E-state index contributed by atoms with van der Waals surface area (Å²) in [4.78, 5) is 4.33. The number of hydrogen-bond donors (Lipinski definition) is 1. The van der Waals surface area contributed by atoms with Crippen LogP contribution in [0.3, 0.4) is 0 Å². The zero-order valence-corrected chi connectivity index (χ0v) is 12.6. The highest BCUT2D eigenvalue weighted by Gasteiger charge is 2.10. The van der Waals surface area contributed by atoms with E-state index in [0.29, 0.717) is 23.5 Å². The van der Waals surface area contributed by atoms with Crippen molar-refractivity contribution in [3.8, 4) is 10.6 Å². The van der Waals surface area contributed by atoms with E-state index in [0.717, 1.165) is 5.69 Å². The molecular weight excluding hydrogens is 299 g/mol. The standard InChI is InChI=1S/C13H15FN2O2S2/c1-2-20(17,18)15-8-7-10-9-19-13(16-10)11-5-3-4-6-12(11)14/h3-6,9,15H,2,7-8H2,1H3. The predicted molar refractivity (Wildman–Crippen MR) is 78.7 cm³/mol. The van der Waals surface area contributed by atoms with Gasteiger partial charge in [-0.1, -0.05) is 12.1 Å². The first-order valence-corrected chi connectivity index (χ1v) is 8.71. The molecule has 0 saturated heterocycles. The Morgan fingerprint density at radius 1 is 1.35 bits per heavy atom. The van der Waals surface area contributed by atoms with E-state index in [2.05, 4.69) is 9.71 Å². The van der Waals surface area contributed by atoms with Gasteiger partial charge in [0.05, 0.1) is 11.4 Å². The number of benzene rings is 1. The van der Waals surface area contributed by atoms with Crippen LogP contribution >= 0.6 is 11.3 Å². The lowest BCUT2D eigenvalue weighted by atomic mass is 10.2. The first kappa shape index (κ1) is 15.1. The quantitative estimate of drug-likeness (QED) is 0.891. The fraction of sp³-hybridized carbons (Fsp3) is 0.308. The Hall–Kier alpha value is -1.31. The molecule has 20 heavy (non-hydrogen) atoms. The number of nitrogens with zero attached hydrogens (tertiary/aromatic N) is 1. The Bertz CT molecular complexity index is 683. The van der Waals surface area contributed by atoms with E-state index in [1.807, 2.05) is 5.38 Å². The molecule has 0 aliphatic heterocycles. The minimum atomic E-state index is -3.18. The molecule has 0 saturated carbocycles. The molecule has 7 heteroatoms. The van der Waals surface area contributed by atoms with Crippen molar-refractivity contribution in [3.05, 3.63) is 41.2 Å². The first-order valence-electron chi connectivity index (χ1n) is 6.18. The summed E-state index contributed by atoms with van der Waals surface area (Å²) < 4.78 is 38.7. The number of thiazole rings is 1. The normalized spacial score (nSPS) is 11.7. The van der Waals surface area contributed by atoms with Crippen LogP contribution in [-0.4, -0.2) is 25.7 Å². The Balaban J connectivity index is 2.02. The lowest BCUT2D eigenvalue weighted by Crippen LogP contribution is -2.27. The molecule has 0 radical (unpaired) electrons. The summed E-state index contributed by atoms with van der Waals surface area (Å²) in [5.74, 6) is -0.245. The van der Waals surface area contributed by atoms with Gasteiger partial charge in [-0.2, -0.15) is 0 Å². The Kier molecular flexibility index (Phi) is 4.85. The van der Waals surface area contributed by atoms with Crippen LogP contribution in [0.15, 0.2) is 29.6 Å². The molecule has 0 aliphatic rings. The van der Waals surface area contributed by atoms with E-state index < -0.39 is 10.0 Å².